The van der Waals surface area contributed by atoms with E-state index in [1.54, 1.807) is 0 Å². The standard InChI is InChI=1S/C20H34N4O/c1-3-21-19(22-16-12-24(11-13(16)2)14-5-6-14)23-17-15-7-10-25-18(15)20(17)8-4-9-20/h13-18H,3-12H2,1-2H3,(H2,21,22,23). The summed E-state index contributed by atoms with van der Waals surface area (Å²) in [7, 11) is 0. The Labute approximate surface area is 152 Å². The van der Waals surface area contributed by atoms with Crippen molar-refractivity contribution in [3.63, 3.8) is 0 Å². The van der Waals surface area contributed by atoms with Crippen LogP contribution < -0.4 is 10.6 Å². The zero-order valence-corrected chi connectivity index (χ0v) is 15.8. The van der Waals surface area contributed by atoms with E-state index in [0.29, 0.717) is 35.4 Å². The highest BCUT2D eigenvalue weighted by Crippen LogP contribution is 2.62. The highest BCUT2D eigenvalue weighted by atomic mass is 16.5. The molecule has 0 radical (unpaired) electrons. The predicted octanol–water partition coefficient (Wildman–Crippen LogP) is 1.98. The van der Waals surface area contributed by atoms with Crippen LogP contribution in [0.1, 0.15) is 52.4 Å². The van der Waals surface area contributed by atoms with E-state index in [1.165, 1.54) is 51.6 Å². The molecule has 140 valence electrons. The normalized spacial score (nSPS) is 42.8. The number of hydrogen-bond donors (Lipinski definition) is 2. The van der Waals surface area contributed by atoms with E-state index in [4.69, 9.17) is 9.73 Å². The van der Waals surface area contributed by atoms with Crippen LogP contribution in [0.15, 0.2) is 4.99 Å². The second-order valence-electron chi connectivity index (χ2n) is 9.19. The molecule has 25 heavy (non-hydrogen) atoms. The van der Waals surface area contributed by atoms with Crippen molar-refractivity contribution >= 4 is 5.96 Å². The Morgan fingerprint density at radius 1 is 1.20 bits per heavy atom. The number of guanidine groups is 1. The number of aliphatic imine (C=N–C) groups is 1. The van der Waals surface area contributed by atoms with E-state index in [1.807, 2.05) is 0 Å². The quantitative estimate of drug-likeness (QED) is 0.604. The first kappa shape index (κ1) is 16.4. The van der Waals surface area contributed by atoms with Gasteiger partial charge in [-0.3, -0.25) is 9.89 Å². The van der Waals surface area contributed by atoms with Gasteiger partial charge in [0.15, 0.2) is 5.96 Å². The topological polar surface area (TPSA) is 48.9 Å². The third-order valence-corrected chi connectivity index (χ3v) is 7.67. The highest BCUT2D eigenvalue weighted by molar-refractivity contribution is 5.81. The first-order valence-corrected chi connectivity index (χ1v) is 10.6. The van der Waals surface area contributed by atoms with Crippen molar-refractivity contribution in [2.45, 2.75) is 76.6 Å². The molecule has 3 aliphatic carbocycles. The SMILES string of the molecule is CCN=C(NC1CN(C2CC2)CC1C)NC1C2CCOC2C12CCC2. The summed E-state index contributed by atoms with van der Waals surface area (Å²) < 4.78 is 6.07. The van der Waals surface area contributed by atoms with Crippen LogP contribution in [0.4, 0.5) is 0 Å². The Morgan fingerprint density at radius 2 is 2.04 bits per heavy atom. The maximum absolute atomic E-state index is 6.07. The summed E-state index contributed by atoms with van der Waals surface area (Å²) in [6, 6.07) is 1.98. The Morgan fingerprint density at radius 3 is 2.72 bits per heavy atom. The molecule has 3 saturated carbocycles. The number of nitrogens with zero attached hydrogens (tertiary/aromatic N) is 2. The number of ether oxygens (including phenoxy) is 1. The molecule has 5 nitrogen and oxygen atoms in total. The van der Waals surface area contributed by atoms with E-state index in [0.717, 1.165) is 25.2 Å². The first-order valence-electron chi connectivity index (χ1n) is 10.6. The van der Waals surface area contributed by atoms with Crippen molar-refractivity contribution in [1.82, 2.24) is 15.5 Å². The zero-order valence-electron chi connectivity index (χ0n) is 15.8. The average molecular weight is 347 g/mol. The lowest BCUT2D eigenvalue weighted by Gasteiger charge is -2.63. The third kappa shape index (κ3) is 2.61. The van der Waals surface area contributed by atoms with Gasteiger partial charge in [0.1, 0.15) is 0 Å². The average Bonchev–Trinajstić information content (AvgIpc) is 3.21. The third-order valence-electron chi connectivity index (χ3n) is 7.67. The number of nitrogens with one attached hydrogen (secondary N) is 2. The molecule has 2 saturated heterocycles. The van der Waals surface area contributed by atoms with Crippen LogP contribution in [0.3, 0.4) is 0 Å². The molecule has 2 heterocycles. The Balaban J connectivity index is 1.25. The number of rotatable bonds is 4. The van der Waals surface area contributed by atoms with Crippen LogP contribution >= 0.6 is 0 Å². The largest absolute Gasteiger partial charge is 0.377 e. The van der Waals surface area contributed by atoms with Crippen LogP contribution in [0, 0.1) is 17.3 Å². The van der Waals surface area contributed by atoms with Gasteiger partial charge in [-0.2, -0.15) is 0 Å². The molecule has 0 aromatic heterocycles. The number of hydrogen-bond acceptors (Lipinski definition) is 3. The summed E-state index contributed by atoms with van der Waals surface area (Å²) in [5.74, 6) is 2.46. The van der Waals surface area contributed by atoms with Gasteiger partial charge in [-0.05, 0) is 44.9 Å². The van der Waals surface area contributed by atoms with Crippen LogP contribution in [0.25, 0.3) is 0 Å². The van der Waals surface area contributed by atoms with E-state index in [-0.39, 0.29) is 0 Å². The Kier molecular flexibility index (Phi) is 4.01. The fourth-order valence-electron chi connectivity index (χ4n) is 6.00. The Hall–Kier alpha value is -0.810. The van der Waals surface area contributed by atoms with Crippen molar-refractivity contribution in [2.24, 2.45) is 22.2 Å². The van der Waals surface area contributed by atoms with E-state index < -0.39 is 0 Å². The molecule has 5 heteroatoms. The van der Waals surface area contributed by atoms with Gasteiger partial charge in [-0.25, -0.2) is 0 Å². The summed E-state index contributed by atoms with van der Waals surface area (Å²) in [5.41, 5.74) is 0.415. The van der Waals surface area contributed by atoms with Crippen LogP contribution in [0.2, 0.25) is 0 Å². The van der Waals surface area contributed by atoms with Gasteiger partial charge in [-0.1, -0.05) is 13.3 Å². The molecule has 0 aromatic rings. The van der Waals surface area contributed by atoms with Gasteiger partial charge in [0.2, 0.25) is 0 Å². The lowest BCUT2D eigenvalue weighted by Crippen LogP contribution is -2.72. The minimum Gasteiger partial charge on any atom is -0.377 e. The monoisotopic (exact) mass is 346 g/mol. The van der Waals surface area contributed by atoms with Gasteiger partial charge in [0, 0.05) is 55.7 Å². The molecular formula is C20H34N4O. The van der Waals surface area contributed by atoms with Gasteiger partial charge in [0.05, 0.1) is 6.10 Å². The van der Waals surface area contributed by atoms with Crippen LogP contribution in [0.5, 0.6) is 0 Å². The van der Waals surface area contributed by atoms with Crippen molar-refractivity contribution in [3.8, 4) is 0 Å². The predicted molar refractivity (Wildman–Crippen MR) is 99.7 cm³/mol. The fraction of sp³-hybridized carbons (Fsp3) is 0.950. The van der Waals surface area contributed by atoms with E-state index >= 15 is 0 Å². The molecule has 0 aromatic carbocycles. The summed E-state index contributed by atoms with van der Waals surface area (Å²) in [6.07, 6.45) is 8.59. The van der Waals surface area contributed by atoms with Gasteiger partial charge < -0.3 is 15.4 Å². The summed E-state index contributed by atoms with van der Waals surface area (Å²) in [4.78, 5) is 7.49. The summed E-state index contributed by atoms with van der Waals surface area (Å²) in [5, 5.41) is 7.67. The molecule has 0 amide bonds. The van der Waals surface area contributed by atoms with Crippen LogP contribution in [-0.4, -0.2) is 61.3 Å². The lowest BCUT2D eigenvalue weighted by atomic mass is 9.46. The van der Waals surface area contributed by atoms with Crippen molar-refractivity contribution in [2.75, 3.05) is 26.2 Å². The molecule has 5 fully saturated rings. The smallest absolute Gasteiger partial charge is 0.191 e. The molecule has 5 unspecified atom stereocenters. The zero-order chi connectivity index (χ0) is 17.0. The van der Waals surface area contributed by atoms with E-state index in [9.17, 15) is 0 Å². The maximum Gasteiger partial charge on any atom is 0.191 e. The van der Waals surface area contributed by atoms with Crippen molar-refractivity contribution < 1.29 is 4.74 Å². The highest BCUT2D eigenvalue weighted by Gasteiger charge is 2.66. The Bertz CT molecular complexity index is 542. The summed E-state index contributed by atoms with van der Waals surface area (Å²) >= 11 is 0. The van der Waals surface area contributed by atoms with Crippen molar-refractivity contribution in [1.29, 1.82) is 0 Å². The molecule has 2 N–H and O–H groups in total. The molecule has 5 atom stereocenters. The lowest BCUT2D eigenvalue weighted by molar-refractivity contribution is -0.171. The van der Waals surface area contributed by atoms with Crippen LogP contribution in [-0.2, 0) is 4.74 Å². The minimum atomic E-state index is 0.415. The molecule has 0 bridgehead atoms. The molecular weight excluding hydrogens is 312 g/mol. The van der Waals surface area contributed by atoms with Crippen molar-refractivity contribution in [3.05, 3.63) is 0 Å². The molecule has 5 rings (SSSR count). The van der Waals surface area contributed by atoms with E-state index in [2.05, 4.69) is 29.4 Å². The second-order valence-corrected chi connectivity index (χ2v) is 9.19. The number of likely N-dealkylation sites (tertiary alicyclic amines) is 1. The van der Waals surface area contributed by atoms with Gasteiger partial charge in [0.25, 0.3) is 0 Å². The molecule has 5 aliphatic rings. The summed E-state index contributed by atoms with van der Waals surface area (Å²) in [6.45, 7) is 8.75. The molecule has 2 aliphatic heterocycles. The molecule has 1 spiro atoms. The number of fused-ring (bicyclic) bond motifs is 2. The van der Waals surface area contributed by atoms with Gasteiger partial charge in [-0.15, -0.1) is 0 Å². The minimum absolute atomic E-state index is 0.415. The maximum atomic E-state index is 6.07. The first-order chi connectivity index (χ1) is 12.2. The fourth-order valence-corrected chi connectivity index (χ4v) is 6.00. The second kappa shape index (κ2) is 6.12. The van der Waals surface area contributed by atoms with Gasteiger partial charge >= 0.3 is 0 Å².